The van der Waals surface area contributed by atoms with Crippen LogP contribution in [0.2, 0.25) is 0 Å². The van der Waals surface area contributed by atoms with Gasteiger partial charge in [0.2, 0.25) is 0 Å². The van der Waals surface area contributed by atoms with Crippen molar-refractivity contribution >= 4 is 5.91 Å². The lowest BCUT2D eigenvalue weighted by Crippen LogP contribution is -2.23. The second kappa shape index (κ2) is 5.64. The number of aromatic hydroxyl groups is 2. The van der Waals surface area contributed by atoms with Gasteiger partial charge in [0, 0.05) is 30.2 Å². The van der Waals surface area contributed by atoms with Crippen LogP contribution in [0.15, 0.2) is 28.8 Å². The van der Waals surface area contributed by atoms with E-state index in [2.05, 4.69) is 10.5 Å². The first-order valence-corrected chi connectivity index (χ1v) is 6.23. The van der Waals surface area contributed by atoms with Crippen LogP contribution in [-0.4, -0.2) is 21.3 Å². The van der Waals surface area contributed by atoms with Crippen molar-refractivity contribution in [3.63, 3.8) is 0 Å². The Hall–Kier alpha value is -2.50. The van der Waals surface area contributed by atoms with E-state index < -0.39 is 0 Å². The molecule has 0 bridgehead atoms. The third-order valence-corrected chi connectivity index (χ3v) is 2.84. The Morgan fingerprint density at radius 2 is 2.10 bits per heavy atom. The molecule has 6 nitrogen and oxygen atoms in total. The summed E-state index contributed by atoms with van der Waals surface area (Å²) in [5, 5.41) is 25.1. The summed E-state index contributed by atoms with van der Waals surface area (Å²) in [4.78, 5) is 11.9. The van der Waals surface area contributed by atoms with Gasteiger partial charge >= 0.3 is 0 Å². The van der Waals surface area contributed by atoms with E-state index >= 15 is 0 Å². The first kappa shape index (κ1) is 13.9. The molecule has 20 heavy (non-hydrogen) atoms. The van der Waals surface area contributed by atoms with E-state index in [1.807, 2.05) is 13.8 Å². The number of rotatable bonds is 4. The number of phenolic OH excluding ortho intramolecular Hbond substituents is 2. The number of aromatic nitrogens is 1. The standard InChI is InChI=1S/C14H16N2O4/c1-8(2)13-6-11(16-20-13)14(19)15-7-9-3-4-10(17)5-12(9)18/h3-6,8,17-18H,7H2,1-2H3,(H,15,19). The van der Waals surface area contributed by atoms with Crippen molar-refractivity contribution in [2.75, 3.05) is 0 Å². The van der Waals surface area contributed by atoms with Crippen LogP contribution in [-0.2, 0) is 6.54 Å². The van der Waals surface area contributed by atoms with E-state index in [0.29, 0.717) is 11.3 Å². The van der Waals surface area contributed by atoms with Crippen molar-refractivity contribution in [1.82, 2.24) is 10.5 Å². The maximum atomic E-state index is 11.9. The molecule has 0 radical (unpaired) electrons. The average Bonchev–Trinajstić information content (AvgIpc) is 2.87. The monoisotopic (exact) mass is 276 g/mol. The van der Waals surface area contributed by atoms with Crippen molar-refractivity contribution < 1.29 is 19.5 Å². The molecule has 0 aliphatic rings. The van der Waals surface area contributed by atoms with Crippen LogP contribution >= 0.6 is 0 Å². The highest BCUT2D eigenvalue weighted by atomic mass is 16.5. The number of phenols is 2. The lowest BCUT2D eigenvalue weighted by molar-refractivity contribution is 0.0941. The number of nitrogens with zero attached hydrogens (tertiary/aromatic N) is 1. The fraction of sp³-hybridized carbons (Fsp3) is 0.286. The molecule has 0 atom stereocenters. The summed E-state index contributed by atoms with van der Waals surface area (Å²) in [5.41, 5.74) is 0.704. The zero-order chi connectivity index (χ0) is 14.7. The van der Waals surface area contributed by atoms with Gasteiger partial charge in [-0.15, -0.1) is 0 Å². The normalized spacial score (nSPS) is 10.8. The Bertz CT molecular complexity index is 619. The first-order valence-electron chi connectivity index (χ1n) is 6.23. The molecule has 1 heterocycles. The van der Waals surface area contributed by atoms with E-state index in [-0.39, 0.29) is 35.6 Å². The minimum Gasteiger partial charge on any atom is -0.508 e. The molecule has 1 amide bonds. The third-order valence-electron chi connectivity index (χ3n) is 2.84. The second-order valence-electron chi connectivity index (χ2n) is 4.76. The SMILES string of the molecule is CC(C)c1cc(C(=O)NCc2ccc(O)cc2O)no1. The van der Waals surface area contributed by atoms with Crippen LogP contribution < -0.4 is 5.32 Å². The number of hydrogen-bond donors (Lipinski definition) is 3. The highest BCUT2D eigenvalue weighted by Gasteiger charge is 2.14. The second-order valence-corrected chi connectivity index (χ2v) is 4.76. The Balaban J connectivity index is 2.01. The van der Waals surface area contributed by atoms with Gasteiger partial charge in [-0.3, -0.25) is 4.79 Å². The molecule has 0 aliphatic heterocycles. The molecule has 6 heteroatoms. The minimum absolute atomic E-state index is 0.0318. The lowest BCUT2D eigenvalue weighted by Gasteiger charge is -2.05. The number of amides is 1. The maximum Gasteiger partial charge on any atom is 0.273 e. The van der Waals surface area contributed by atoms with Gasteiger partial charge in [0.15, 0.2) is 5.69 Å². The number of carbonyl (C=O) groups is 1. The van der Waals surface area contributed by atoms with Gasteiger partial charge in [0.1, 0.15) is 17.3 Å². The van der Waals surface area contributed by atoms with Gasteiger partial charge < -0.3 is 20.1 Å². The summed E-state index contributed by atoms with van der Waals surface area (Å²) in [7, 11) is 0. The van der Waals surface area contributed by atoms with Gasteiger partial charge in [-0.05, 0) is 12.1 Å². The van der Waals surface area contributed by atoms with Gasteiger partial charge in [0.25, 0.3) is 5.91 Å². The minimum atomic E-state index is -0.381. The van der Waals surface area contributed by atoms with E-state index in [1.165, 1.54) is 18.2 Å². The summed E-state index contributed by atoms with van der Waals surface area (Å²) in [6, 6.07) is 5.78. The van der Waals surface area contributed by atoms with E-state index in [0.717, 1.165) is 0 Å². The number of benzene rings is 1. The molecule has 0 saturated carbocycles. The zero-order valence-electron chi connectivity index (χ0n) is 11.3. The summed E-state index contributed by atoms with van der Waals surface area (Å²) < 4.78 is 5.05. The van der Waals surface area contributed by atoms with Crippen LogP contribution in [0.4, 0.5) is 0 Å². The highest BCUT2D eigenvalue weighted by molar-refractivity contribution is 5.92. The van der Waals surface area contributed by atoms with Gasteiger partial charge in [0.05, 0.1) is 0 Å². The number of hydrogen-bond acceptors (Lipinski definition) is 5. The molecule has 0 aliphatic carbocycles. The van der Waals surface area contributed by atoms with Crippen LogP contribution in [0.5, 0.6) is 11.5 Å². The molecule has 0 saturated heterocycles. The molecule has 2 rings (SSSR count). The summed E-state index contributed by atoms with van der Waals surface area (Å²) >= 11 is 0. The number of carbonyl (C=O) groups excluding carboxylic acids is 1. The average molecular weight is 276 g/mol. The predicted octanol–water partition coefficient (Wildman–Crippen LogP) is 2.14. The van der Waals surface area contributed by atoms with Gasteiger partial charge in [-0.25, -0.2) is 0 Å². The van der Waals surface area contributed by atoms with Crippen molar-refractivity contribution in [2.24, 2.45) is 0 Å². The van der Waals surface area contributed by atoms with Crippen LogP contribution in [0.1, 0.15) is 41.6 Å². The Morgan fingerprint density at radius 1 is 1.35 bits per heavy atom. The lowest BCUT2D eigenvalue weighted by atomic mass is 10.1. The Labute approximate surface area is 116 Å². The topological polar surface area (TPSA) is 95.6 Å². The van der Waals surface area contributed by atoms with E-state index in [9.17, 15) is 15.0 Å². The molecule has 3 N–H and O–H groups in total. The molecule has 0 unspecified atom stereocenters. The van der Waals surface area contributed by atoms with Crippen LogP contribution in [0.3, 0.4) is 0 Å². The molecular formula is C14H16N2O4. The van der Waals surface area contributed by atoms with Crippen molar-refractivity contribution in [2.45, 2.75) is 26.3 Å². The van der Waals surface area contributed by atoms with E-state index in [1.54, 1.807) is 6.07 Å². The quantitative estimate of drug-likeness (QED) is 0.795. The summed E-state index contributed by atoms with van der Waals surface area (Å²) in [6.45, 7) is 4.02. The van der Waals surface area contributed by atoms with Crippen molar-refractivity contribution in [3.8, 4) is 11.5 Å². The van der Waals surface area contributed by atoms with Gasteiger partial charge in [-0.2, -0.15) is 0 Å². The zero-order valence-corrected chi connectivity index (χ0v) is 11.3. The highest BCUT2D eigenvalue weighted by Crippen LogP contribution is 2.22. The molecule has 0 spiro atoms. The Kier molecular flexibility index (Phi) is 3.93. The molecular weight excluding hydrogens is 260 g/mol. The van der Waals surface area contributed by atoms with Gasteiger partial charge in [-0.1, -0.05) is 19.0 Å². The predicted molar refractivity (Wildman–Crippen MR) is 71.5 cm³/mol. The molecule has 2 aromatic rings. The summed E-state index contributed by atoms with van der Waals surface area (Å²) in [5.74, 6) is 0.310. The molecule has 1 aromatic heterocycles. The fourth-order valence-electron chi connectivity index (χ4n) is 1.64. The first-order chi connectivity index (χ1) is 9.47. The summed E-state index contributed by atoms with van der Waals surface area (Å²) in [6.07, 6.45) is 0. The smallest absolute Gasteiger partial charge is 0.273 e. The molecule has 0 fully saturated rings. The largest absolute Gasteiger partial charge is 0.508 e. The van der Waals surface area contributed by atoms with Crippen LogP contribution in [0.25, 0.3) is 0 Å². The third kappa shape index (κ3) is 3.09. The maximum absolute atomic E-state index is 11.9. The van der Waals surface area contributed by atoms with Crippen molar-refractivity contribution in [3.05, 3.63) is 41.3 Å². The van der Waals surface area contributed by atoms with E-state index in [4.69, 9.17) is 4.52 Å². The van der Waals surface area contributed by atoms with Crippen molar-refractivity contribution in [1.29, 1.82) is 0 Å². The molecule has 106 valence electrons. The fourth-order valence-corrected chi connectivity index (χ4v) is 1.64. The Morgan fingerprint density at radius 3 is 2.70 bits per heavy atom. The number of nitrogens with one attached hydrogen (secondary N) is 1. The van der Waals surface area contributed by atoms with Crippen LogP contribution in [0, 0.1) is 0 Å². The molecule has 1 aromatic carbocycles.